The van der Waals surface area contributed by atoms with Gasteiger partial charge in [-0.1, -0.05) is 0 Å². The maximum Gasteiger partial charge on any atom is 0.218 e. The fraction of sp³-hybridized carbons (Fsp3) is 0.211. The van der Waals surface area contributed by atoms with Gasteiger partial charge in [0.1, 0.15) is 11.3 Å². The average molecular weight is 322 g/mol. The summed E-state index contributed by atoms with van der Waals surface area (Å²) in [7, 11) is 3.38. The van der Waals surface area contributed by atoms with Gasteiger partial charge in [-0.25, -0.2) is 4.98 Å². The van der Waals surface area contributed by atoms with E-state index in [1.807, 2.05) is 26.0 Å². The minimum atomic E-state index is -0.342. The van der Waals surface area contributed by atoms with Crippen molar-refractivity contribution >= 4 is 16.8 Å². The average Bonchev–Trinajstić information content (AvgIpc) is 2.57. The van der Waals surface area contributed by atoms with Gasteiger partial charge in [-0.05, 0) is 49.7 Å². The molecule has 0 saturated heterocycles. The highest BCUT2D eigenvalue weighted by molar-refractivity contribution is 6.10. The minimum absolute atomic E-state index is 0.118. The summed E-state index contributed by atoms with van der Waals surface area (Å²) in [5.41, 5.74) is 2.83. The second kappa shape index (κ2) is 5.92. The Balaban J connectivity index is 2.19. The van der Waals surface area contributed by atoms with E-state index >= 15 is 0 Å². The van der Waals surface area contributed by atoms with Crippen LogP contribution in [-0.4, -0.2) is 22.4 Å². The van der Waals surface area contributed by atoms with Gasteiger partial charge in [-0.15, -0.1) is 0 Å². The Bertz CT molecular complexity index is 1020. The molecule has 3 aromatic rings. The molecule has 0 N–H and O–H groups in total. The van der Waals surface area contributed by atoms with E-state index in [1.54, 1.807) is 43.1 Å². The summed E-state index contributed by atoms with van der Waals surface area (Å²) in [6, 6.07) is 8.81. The van der Waals surface area contributed by atoms with Gasteiger partial charge in [0.2, 0.25) is 5.43 Å². The van der Waals surface area contributed by atoms with Crippen LogP contribution in [0.5, 0.6) is 5.75 Å². The van der Waals surface area contributed by atoms with Crippen molar-refractivity contribution in [3.8, 4) is 5.75 Å². The molecule has 3 rings (SSSR count). The Morgan fingerprint density at radius 2 is 1.92 bits per heavy atom. The van der Waals surface area contributed by atoms with Crippen molar-refractivity contribution in [1.82, 2.24) is 9.55 Å². The highest BCUT2D eigenvalue weighted by atomic mass is 16.5. The molecule has 24 heavy (non-hydrogen) atoms. The van der Waals surface area contributed by atoms with Gasteiger partial charge in [0.15, 0.2) is 5.78 Å². The maximum atomic E-state index is 12.8. The van der Waals surface area contributed by atoms with E-state index < -0.39 is 0 Å². The Labute approximate surface area is 139 Å². The highest BCUT2D eigenvalue weighted by Crippen LogP contribution is 2.20. The van der Waals surface area contributed by atoms with E-state index in [0.717, 1.165) is 11.3 Å². The fourth-order valence-electron chi connectivity index (χ4n) is 2.79. The van der Waals surface area contributed by atoms with Gasteiger partial charge in [0.25, 0.3) is 0 Å². The van der Waals surface area contributed by atoms with Crippen molar-refractivity contribution < 1.29 is 9.53 Å². The summed E-state index contributed by atoms with van der Waals surface area (Å²) in [5.74, 6) is 0.391. The molecular formula is C19H18N2O3. The third-order valence-electron chi connectivity index (χ3n) is 4.08. The maximum absolute atomic E-state index is 12.8. The molecule has 0 saturated carbocycles. The molecule has 2 heterocycles. The van der Waals surface area contributed by atoms with Crippen molar-refractivity contribution in [2.75, 3.05) is 7.11 Å². The quantitative estimate of drug-likeness (QED) is 0.696. The summed E-state index contributed by atoms with van der Waals surface area (Å²) < 4.78 is 6.97. The SMILES string of the molecule is COc1ccc(C(=O)c2cn(C)c3ccc(C)nc3c2=O)cc1C. The van der Waals surface area contributed by atoms with Crippen molar-refractivity contribution in [2.24, 2.45) is 7.05 Å². The van der Waals surface area contributed by atoms with Crippen LogP contribution in [0.25, 0.3) is 11.0 Å². The molecule has 0 fully saturated rings. The minimum Gasteiger partial charge on any atom is -0.496 e. The number of hydrogen-bond acceptors (Lipinski definition) is 4. The summed E-state index contributed by atoms with van der Waals surface area (Å²) in [6.45, 7) is 3.68. The second-order valence-electron chi connectivity index (χ2n) is 5.82. The predicted octanol–water partition coefficient (Wildman–Crippen LogP) is 2.79. The number of carbonyl (C=O) groups excluding carboxylic acids is 1. The molecular weight excluding hydrogens is 304 g/mol. The summed E-state index contributed by atoms with van der Waals surface area (Å²) in [6.07, 6.45) is 1.57. The molecule has 122 valence electrons. The molecule has 0 bridgehead atoms. The van der Waals surface area contributed by atoms with Gasteiger partial charge < -0.3 is 9.30 Å². The van der Waals surface area contributed by atoms with E-state index in [0.29, 0.717) is 22.3 Å². The summed E-state index contributed by atoms with van der Waals surface area (Å²) >= 11 is 0. The van der Waals surface area contributed by atoms with Gasteiger partial charge >= 0.3 is 0 Å². The largest absolute Gasteiger partial charge is 0.496 e. The molecule has 0 aliphatic rings. The number of ether oxygens (including phenoxy) is 1. The lowest BCUT2D eigenvalue weighted by molar-refractivity contribution is 0.103. The van der Waals surface area contributed by atoms with Crippen molar-refractivity contribution in [1.29, 1.82) is 0 Å². The smallest absolute Gasteiger partial charge is 0.218 e. The van der Waals surface area contributed by atoms with Crippen LogP contribution < -0.4 is 10.2 Å². The van der Waals surface area contributed by atoms with Gasteiger partial charge in [-0.3, -0.25) is 9.59 Å². The molecule has 0 radical (unpaired) electrons. The van der Waals surface area contributed by atoms with E-state index in [4.69, 9.17) is 4.74 Å². The number of carbonyl (C=O) groups is 1. The zero-order valence-electron chi connectivity index (χ0n) is 14.1. The van der Waals surface area contributed by atoms with Crippen molar-refractivity contribution in [3.05, 3.63) is 69.1 Å². The first-order valence-electron chi connectivity index (χ1n) is 7.58. The monoisotopic (exact) mass is 322 g/mol. The predicted molar refractivity (Wildman–Crippen MR) is 92.9 cm³/mol. The molecule has 0 aliphatic carbocycles. The zero-order valence-corrected chi connectivity index (χ0v) is 14.1. The zero-order chi connectivity index (χ0) is 17.4. The first-order chi connectivity index (χ1) is 11.4. The third kappa shape index (κ3) is 2.58. The van der Waals surface area contributed by atoms with Crippen molar-refractivity contribution in [3.63, 3.8) is 0 Å². The number of ketones is 1. The Kier molecular flexibility index (Phi) is 3.93. The molecule has 0 aliphatic heterocycles. The molecule has 2 aromatic heterocycles. The van der Waals surface area contributed by atoms with Crippen LogP contribution in [0.4, 0.5) is 0 Å². The molecule has 0 unspecified atom stereocenters. The van der Waals surface area contributed by atoms with Crippen LogP contribution in [0.2, 0.25) is 0 Å². The second-order valence-corrected chi connectivity index (χ2v) is 5.82. The molecule has 0 amide bonds. The third-order valence-corrected chi connectivity index (χ3v) is 4.08. The van der Waals surface area contributed by atoms with Crippen LogP contribution in [0.15, 0.2) is 41.3 Å². The number of rotatable bonds is 3. The lowest BCUT2D eigenvalue weighted by Crippen LogP contribution is -2.20. The van der Waals surface area contributed by atoms with Crippen LogP contribution in [0.3, 0.4) is 0 Å². The van der Waals surface area contributed by atoms with Crippen LogP contribution in [0.1, 0.15) is 27.2 Å². The van der Waals surface area contributed by atoms with E-state index in [9.17, 15) is 9.59 Å². The lowest BCUT2D eigenvalue weighted by atomic mass is 10.0. The molecule has 1 aromatic carbocycles. The van der Waals surface area contributed by atoms with E-state index in [1.165, 1.54) is 0 Å². The number of benzene rings is 1. The van der Waals surface area contributed by atoms with E-state index in [-0.39, 0.29) is 16.8 Å². The number of aromatic nitrogens is 2. The van der Waals surface area contributed by atoms with Crippen LogP contribution in [-0.2, 0) is 7.05 Å². The Morgan fingerprint density at radius 3 is 2.58 bits per heavy atom. The molecule has 5 nitrogen and oxygen atoms in total. The van der Waals surface area contributed by atoms with E-state index in [2.05, 4.69) is 4.98 Å². The molecule has 0 atom stereocenters. The number of methoxy groups -OCH3 is 1. The van der Waals surface area contributed by atoms with Gasteiger partial charge in [-0.2, -0.15) is 0 Å². The van der Waals surface area contributed by atoms with Gasteiger partial charge in [0.05, 0.1) is 18.2 Å². The fourth-order valence-corrected chi connectivity index (χ4v) is 2.79. The van der Waals surface area contributed by atoms with Gasteiger partial charge in [0, 0.05) is 24.5 Å². The Hall–Kier alpha value is -2.95. The van der Waals surface area contributed by atoms with Crippen LogP contribution in [0, 0.1) is 13.8 Å². The Morgan fingerprint density at radius 1 is 1.17 bits per heavy atom. The first kappa shape index (κ1) is 15.9. The normalized spacial score (nSPS) is 10.8. The summed E-state index contributed by atoms with van der Waals surface area (Å²) in [4.78, 5) is 29.9. The number of pyridine rings is 2. The highest BCUT2D eigenvalue weighted by Gasteiger charge is 2.18. The number of hydrogen-bond donors (Lipinski definition) is 0. The first-order valence-corrected chi connectivity index (χ1v) is 7.58. The van der Waals surface area contributed by atoms with Crippen molar-refractivity contribution in [2.45, 2.75) is 13.8 Å². The van der Waals surface area contributed by atoms with Crippen LogP contribution >= 0.6 is 0 Å². The summed E-state index contributed by atoms with van der Waals surface area (Å²) in [5, 5.41) is 0. The number of aryl methyl sites for hydroxylation is 3. The topological polar surface area (TPSA) is 61.2 Å². The number of nitrogens with zero attached hydrogens (tertiary/aromatic N) is 2. The molecule has 0 spiro atoms. The standard InChI is InChI=1S/C19H18N2O3/c1-11-9-13(6-8-16(11)24-4)18(22)14-10-21(3)15-7-5-12(2)20-17(15)19(14)23/h5-10H,1-4H3. The molecule has 5 heteroatoms. The number of fused-ring (bicyclic) bond motifs is 1. The lowest BCUT2D eigenvalue weighted by Gasteiger charge is -2.10.